The molecule has 0 amide bonds. The van der Waals surface area contributed by atoms with Gasteiger partial charge in [-0.25, -0.2) is 8.42 Å². The lowest BCUT2D eigenvalue weighted by molar-refractivity contribution is 0.415. The fourth-order valence-corrected chi connectivity index (χ4v) is 4.30. The number of anilines is 2. The first-order chi connectivity index (χ1) is 14.9. The Labute approximate surface area is 185 Å². The predicted molar refractivity (Wildman–Crippen MR) is 120 cm³/mol. The van der Waals surface area contributed by atoms with Crippen molar-refractivity contribution in [3.8, 4) is 17.2 Å². The molecular weight excluding hydrogens is 436 g/mol. The lowest BCUT2D eigenvalue weighted by Crippen LogP contribution is -2.05. The van der Waals surface area contributed by atoms with Crippen molar-refractivity contribution in [2.75, 3.05) is 12.4 Å². The molecule has 6 nitrogen and oxygen atoms in total. The normalized spacial score (nSPS) is 11.3. The van der Waals surface area contributed by atoms with Crippen molar-refractivity contribution in [1.82, 2.24) is 4.98 Å². The van der Waals surface area contributed by atoms with E-state index in [-0.39, 0.29) is 21.7 Å². The van der Waals surface area contributed by atoms with Crippen molar-refractivity contribution in [2.24, 2.45) is 0 Å². The Hall–Kier alpha value is -3.29. The van der Waals surface area contributed by atoms with Crippen LogP contribution in [-0.4, -0.2) is 20.5 Å². The fourth-order valence-electron chi connectivity index (χ4n) is 2.92. The summed E-state index contributed by atoms with van der Waals surface area (Å²) in [5, 5.41) is 3.38. The number of nitrogens with zero attached hydrogens (tertiary/aromatic N) is 1. The van der Waals surface area contributed by atoms with Gasteiger partial charge in [-0.2, -0.15) is 4.98 Å². The largest absolute Gasteiger partial charge is 0.497 e. The summed E-state index contributed by atoms with van der Waals surface area (Å²) in [6, 6.07) is 20.4. The van der Waals surface area contributed by atoms with Gasteiger partial charge in [-0.15, -0.1) is 0 Å². The maximum Gasteiger partial charge on any atom is 0.238 e. The third kappa shape index (κ3) is 4.42. The molecule has 0 aliphatic heterocycles. The smallest absolute Gasteiger partial charge is 0.238 e. The van der Waals surface area contributed by atoms with E-state index in [2.05, 4.69) is 10.3 Å². The number of hydrogen-bond acceptors (Lipinski definition) is 6. The van der Waals surface area contributed by atoms with E-state index in [4.69, 9.17) is 20.8 Å². The maximum absolute atomic E-state index is 13.4. The molecule has 1 heterocycles. The van der Waals surface area contributed by atoms with Gasteiger partial charge in [-0.1, -0.05) is 29.3 Å². The van der Waals surface area contributed by atoms with Crippen LogP contribution < -0.4 is 10.1 Å². The molecule has 1 aromatic heterocycles. The molecule has 0 bridgehead atoms. The summed E-state index contributed by atoms with van der Waals surface area (Å²) in [6.07, 6.45) is 0. The first kappa shape index (κ1) is 21.0. The minimum Gasteiger partial charge on any atom is -0.497 e. The number of rotatable bonds is 6. The molecule has 0 fully saturated rings. The molecule has 4 rings (SSSR count). The highest BCUT2D eigenvalue weighted by Crippen LogP contribution is 2.34. The monoisotopic (exact) mass is 454 g/mol. The van der Waals surface area contributed by atoms with Crippen molar-refractivity contribution < 1.29 is 17.6 Å². The summed E-state index contributed by atoms with van der Waals surface area (Å²) >= 11 is 5.96. The standard InChI is InChI=1S/C23H19ClN2O4S/c1-15-3-13-20(14-4-15)31(27,28)23-22(25-18-9-11-19(29-2)12-10-18)30-21(26-23)16-5-7-17(24)8-6-16/h3-14,25H,1-2H3. The van der Waals surface area contributed by atoms with E-state index in [1.165, 1.54) is 0 Å². The van der Waals surface area contributed by atoms with Crippen LogP contribution in [0.5, 0.6) is 5.75 Å². The number of hydrogen-bond donors (Lipinski definition) is 1. The highest BCUT2D eigenvalue weighted by atomic mass is 35.5. The van der Waals surface area contributed by atoms with Crippen LogP contribution in [0, 0.1) is 6.92 Å². The summed E-state index contributed by atoms with van der Waals surface area (Å²) < 4.78 is 37.7. The quantitative estimate of drug-likeness (QED) is 0.391. The minimum absolute atomic E-state index is 0.0238. The number of methoxy groups -OCH3 is 1. The van der Waals surface area contributed by atoms with Crippen molar-refractivity contribution in [2.45, 2.75) is 16.8 Å². The summed E-state index contributed by atoms with van der Waals surface area (Å²) in [7, 11) is -2.36. The molecule has 0 spiro atoms. The zero-order chi connectivity index (χ0) is 22.0. The lowest BCUT2D eigenvalue weighted by atomic mass is 10.2. The van der Waals surface area contributed by atoms with E-state index in [0.717, 1.165) is 5.56 Å². The SMILES string of the molecule is COc1ccc(Nc2oc(-c3ccc(Cl)cc3)nc2S(=O)(=O)c2ccc(C)cc2)cc1. The first-order valence-electron chi connectivity index (χ1n) is 9.36. The molecule has 1 N–H and O–H groups in total. The summed E-state index contributed by atoms with van der Waals surface area (Å²) in [6.45, 7) is 1.89. The number of ether oxygens (including phenoxy) is 1. The Balaban J connectivity index is 1.81. The summed E-state index contributed by atoms with van der Waals surface area (Å²) in [5.74, 6) is 0.867. The third-order valence-electron chi connectivity index (χ3n) is 4.62. The Morgan fingerprint density at radius 3 is 2.19 bits per heavy atom. The van der Waals surface area contributed by atoms with Crippen LogP contribution in [0.2, 0.25) is 5.02 Å². The van der Waals surface area contributed by atoms with Crippen LogP contribution in [0.4, 0.5) is 11.6 Å². The van der Waals surface area contributed by atoms with Crippen LogP contribution in [0.15, 0.2) is 87.1 Å². The van der Waals surface area contributed by atoms with Gasteiger partial charge in [0.25, 0.3) is 0 Å². The average Bonchev–Trinajstić information content (AvgIpc) is 3.20. The van der Waals surface area contributed by atoms with Crippen molar-refractivity contribution in [1.29, 1.82) is 0 Å². The molecular formula is C23H19ClN2O4S. The van der Waals surface area contributed by atoms with Crippen LogP contribution in [0.1, 0.15) is 5.56 Å². The fraction of sp³-hybridized carbons (Fsp3) is 0.0870. The molecule has 0 unspecified atom stereocenters. The minimum atomic E-state index is -3.93. The van der Waals surface area contributed by atoms with Crippen LogP contribution in [-0.2, 0) is 9.84 Å². The van der Waals surface area contributed by atoms with Gasteiger partial charge in [0.05, 0.1) is 12.0 Å². The molecule has 158 valence electrons. The Morgan fingerprint density at radius 2 is 1.58 bits per heavy atom. The van der Waals surface area contributed by atoms with Crippen molar-refractivity contribution in [3.63, 3.8) is 0 Å². The molecule has 3 aromatic carbocycles. The summed E-state index contributed by atoms with van der Waals surface area (Å²) in [4.78, 5) is 4.46. The molecule has 31 heavy (non-hydrogen) atoms. The van der Waals surface area contributed by atoms with Crippen LogP contribution in [0.3, 0.4) is 0 Å². The second-order valence-corrected chi connectivity index (χ2v) is 9.13. The van der Waals surface area contributed by atoms with Crippen LogP contribution in [0.25, 0.3) is 11.5 Å². The van der Waals surface area contributed by atoms with E-state index in [1.807, 2.05) is 6.92 Å². The molecule has 0 saturated carbocycles. The van der Waals surface area contributed by atoms with Crippen molar-refractivity contribution >= 4 is 33.0 Å². The Bertz CT molecular complexity index is 1300. The van der Waals surface area contributed by atoms with Gasteiger partial charge in [0, 0.05) is 16.3 Å². The van der Waals surface area contributed by atoms with E-state index >= 15 is 0 Å². The zero-order valence-corrected chi connectivity index (χ0v) is 18.4. The summed E-state index contributed by atoms with van der Waals surface area (Å²) in [5.41, 5.74) is 2.19. The van der Waals surface area contributed by atoms with Gasteiger partial charge in [-0.05, 0) is 67.6 Å². The molecule has 0 atom stereocenters. The lowest BCUT2D eigenvalue weighted by Gasteiger charge is -2.07. The number of halogens is 1. The number of aryl methyl sites for hydroxylation is 1. The van der Waals surface area contributed by atoms with E-state index in [9.17, 15) is 8.42 Å². The second-order valence-electron chi connectivity index (χ2n) is 6.83. The zero-order valence-electron chi connectivity index (χ0n) is 16.8. The number of benzene rings is 3. The average molecular weight is 455 g/mol. The number of sulfone groups is 1. The highest BCUT2D eigenvalue weighted by molar-refractivity contribution is 7.91. The van der Waals surface area contributed by atoms with E-state index in [1.54, 1.807) is 79.9 Å². The molecule has 4 aromatic rings. The highest BCUT2D eigenvalue weighted by Gasteiger charge is 2.28. The van der Waals surface area contributed by atoms with Crippen molar-refractivity contribution in [3.05, 3.63) is 83.4 Å². The first-order valence-corrected chi connectivity index (χ1v) is 11.2. The van der Waals surface area contributed by atoms with Gasteiger partial charge < -0.3 is 14.5 Å². The van der Waals surface area contributed by atoms with Gasteiger partial charge in [0.1, 0.15) is 5.75 Å². The van der Waals surface area contributed by atoms with E-state index < -0.39 is 9.84 Å². The predicted octanol–water partition coefficient (Wildman–Crippen LogP) is 5.89. The Morgan fingerprint density at radius 1 is 0.935 bits per heavy atom. The topological polar surface area (TPSA) is 81.4 Å². The van der Waals surface area contributed by atoms with Gasteiger partial charge in [0.15, 0.2) is 0 Å². The van der Waals surface area contributed by atoms with Crippen LogP contribution >= 0.6 is 11.6 Å². The van der Waals surface area contributed by atoms with Gasteiger partial charge in [0.2, 0.25) is 26.6 Å². The molecule has 0 aliphatic carbocycles. The maximum atomic E-state index is 13.4. The molecule has 0 radical (unpaired) electrons. The van der Waals surface area contributed by atoms with Gasteiger partial charge >= 0.3 is 0 Å². The molecule has 0 saturated heterocycles. The number of oxazole rings is 1. The Kier molecular flexibility index (Phi) is 5.71. The molecule has 8 heteroatoms. The van der Waals surface area contributed by atoms with E-state index in [0.29, 0.717) is 22.0 Å². The second kappa shape index (κ2) is 8.45. The third-order valence-corrected chi connectivity index (χ3v) is 6.55. The number of aromatic nitrogens is 1. The molecule has 0 aliphatic rings. The number of nitrogens with one attached hydrogen (secondary N) is 1. The van der Waals surface area contributed by atoms with Gasteiger partial charge in [-0.3, -0.25) is 0 Å².